The first-order valence-corrected chi connectivity index (χ1v) is 4.33. The highest BCUT2D eigenvalue weighted by molar-refractivity contribution is 5.65. The summed E-state index contributed by atoms with van der Waals surface area (Å²) < 4.78 is 4.65. The summed E-state index contributed by atoms with van der Waals surface area (Å²) in [6.07, 6.45) is 1.20. The third-order valence-corrected chi connectivity index (χ3v) is 1.65. The molecule has 0 bridgehead atoms. The molecule has 2 N–H and O–H groups in total. The van der Waals surface area contributed by atoms with Crippen LogP contribution in [-0.2, 0) is 4.74 Å². The number of benzene rings is 1. The van der Waals surface area contributed by atoms with Gasteiger partial charge >= 0.3 is 6.09 Å². The minimum absolute atomic E-state index is 0.240. The van der Waals surface area contributed by atoms with E-state index >= 15 is 0 Å². The first kappa shape index (κ1) is 10.3. The molecule has 0 spiro atoms. The Hall–Kier alpha value is -1.77. The molecule has 3 heteroatoms. The fourth-order valence-electron chi connectivity index (χ4n) is 1.06. The van der Waals surface area contributed by atoms with Crippen molar-refractivity contribution in [2.75, 3.05) is 6.61 Å². The Morgan fingerprint density at radius 1 is 1.43 bits per heavy atom. The number of primary amides is 1. The number of nitrogens with two attached hydrogens (primary N) is 1. The Morgan fingerprint density at radius 3 is 2.64 bits per heavy atom. The van der Waals surface area contributed by atoms with Gasteiger partial charge in [-0.15, -0.1) is 0 Å². The molecule has 1 aromatic carbocycles. The van der Waals surface area contributed by atoms with E-state index in [0.717, 1.165) is 11.1 Å². The van der Waals surface area contributed by atoms with Crippen LogP contribution >= 0.6 is 0 Å². The highest BCUT2D eigenvalue weighted by Gasteiger charge is 1.95. The smallest absolute Gasteiger partial charge is 0.404 e. The summed E-state index contributed by atoms with van der Waals surface area (Å²) in [6.45, 7) is 2.13. The summed E-state index contributed by atoms with van der Waals surface area (Å²) in [7, 11) is 0. The monoisotopic (exact) mass is 191 g/mol. The number of hydrogen-bond acceptors (Lipinski definition) is 2. The Labute approximate surface area is 83.2 Å². The standard InChI is InChI=1S/C11H13NO2/c1-9(8-14-11(12)13)7-10-5-3-2-4-6-10/h2-7H,8H2,1H3,(H2,12,13)/b9-7+. The van der Waals surface area contributed by atoms with Gasteiger partial charge in [-0.25, -0.2) is 4.79 Å². The van der Waals surface area contributed by atoms with Crippen LogP contribution in [0.2, 0.25) is 0 Å². The van der Waals surface area contributed by atoms with Crippen LogP contribution < -0.4 is 5.73 Å². The quantitative estimate of drug-likeness (QED) is 0.796. The van der Waals surface area contributed by atoms with E-state index in [1.807, 2.05) is 43.3 Å². The normalized spacial score (nSPS) is 11.1. The molecule has 0 saturated carbocycles. The van der Waals surface area contributed by atoms with Gasteiger partial charge in [-0.05, 0) is 18.1 Å². The lowest BCUT2D eigenvalue weighted by Crippen LogP contribution is -2.14. The predicted molar refractivity (Wildman–Crippen MR) is 55.6 cm³/mol. The first-order valence-electron chi connectivity index (χ1n) is 4.33. The molecule has 0 atom stereocenters. The number of carbonyl (C=O) groups is 1. The van der Waals surface area contributed by atoms with E-state index in [1.54, 1.807) is 0 Å². The first-order chi connectivity index (χ1) is 6.68. The lowest BCUT2D eigenvalue weighted by Gasteiger charge is -2.01. The number of carbonyl (C=O) groups excluding carboxylic acids is 1. The highest BCUT2D eigenvalue weighted by Crippen LogP contribution is 2.05. The molecular weight excluding hydrogens is 178 g/mol. The zero-order valence-electron chi connectivity index (χ0n) is 8.07. The van der Waals surface area contributed by atoms with Gasteiger partial charge in [0.2, 0.25) is 0 Å². The molecule has 0 aliphatic carbocycles. The van der Waals surface area contributed by atoms with E-state index in [0.29, 0.717) is 0 Å². The van der Waals surface area contributed by atoms with Crippen molar-refractivity contribution in [1.82, 2.24) is 0 Å². The van der Waals surface area contributed by atoms with E-state index in [9.17, 15) is 4.79 Å². The van der Waals surface area contributed by atoms with Crippen LogP contribution in [0.25, 0.3) is 6.08 Å². The van der Waals surface area contributed by atoms with E-state index < -0.39 is 6.09 Å². The van der Waals surface area contributed by atoms with Crippen molar-refractivity contribution in [2.45, 2.75) is 6.92 Å². The molecule has 0 aromatic heterocycles. The average molecular weight is 191 g/mol. The summed E-state index contributed by atoms with van der Waals surface area (Å²) in [5.74, 6) is 0. The zero-order valence-corrected chi connectivity index (χ0v) is 8.07. The fraction of sp³-hybridized carbons (Fsp3) is 0.182. The van der Waals surface area contributed by atoms with E-state index in [-0.39, 0.29) is 6.61 Å². The van der Waals surface area contributed by atoms with Gasteiger partial charge in [-0.2, -0.15) is 0 Å². The van der Waals surface area contributed by atoms with Crippen molar-refractivity contribution in [3.05, 3.63) is 41.5 Å². The second-order valence-electron chi connectivity index (χ2n) is 3.01. The maximum atomic E-state index is 10.3. The Kier molecular flexibility index (Phi) is 3.73. The molecule has 0 aliphatic heterocycles. The molecule has 1 rings (SSSR count). The molecule has 0 radical (unpaired) electrons. The highest BCUT2D eigenvalue weighted by atomic mass is 16.5. The molecule has 1 aromatic rings. The zero-order chi connectivity index (χ0) is 10.4. The number of hydrogen-bond donors (Lipinski definition) is 1. The molecule has 0 unspecified atom stereocenters. The summed E-state index contributed by atoms with van der Waals surface area (Å²) in [6, 6.07) is 9.82. The second-order valence-corrected chi connectivity index (χ2v) is 3.01. The number of ether oxygens (including phenoxy) is 1. The summed E-state index contributed by atoms with van der Waals surface area (Å²) in [4.78, 5) is 10.3. The van der Waals surface area contributed by atoms with Gasteiger partial charge < -0.3 is 10.5 Å². The third kappa shape index (κ3) is 3.76. The van der Waals surface area contributed by atoms with Crippen molar-refractivity contribution < 1.29 is 9.53 Å². The fourth-order valence-corrected chi connectivity index (χ4v) is 1.06. The Bertz CT molecular complexity index is 330. The minimum atomic E-state index is -0.745. The molecule has 0 saturated heterocycles. The topological polar surface area (TPSA) is 52.3 Å². The molecule has 74 valence electrons. The summed E-state index contributed by atoms with van der Waals surface area (Å²) >= 11 is 0. The molecule has 14 heavy (non-hydrogen) atoms. The lowest BCUT2D eigenvalue weighted by atomic mass is 10.1. The van der Waals surface area contributed by atoms with Gasteiger partial charge in [-0.3, -0.25) is 0 Å². The van der Waals surface area contributed by atoms with Crippen LogP contribution in [0.15, 0.2) is 35.9 Å². The van der Waals surface area contributed by atoms with Crippen LogP contribution in [0.4, 0.5) is 4.79 Å². The van der Waals surface area contributed by atoms with Gasteiger partial charge in [0.1, 0.15) is 6.61 Å². The number of amides is 1. The van der Waals surface area contributed by atoms with Crippen LogP contribution in [-0.4, -0.2) is 12.7 Å². The van der Waals surface area contributed by atoms with Crippen LogP contribution in [0.5, 0.6) is 0 Å². The molecular formula is C11H13NO2. The molecule has 0 fully saturated rings. The van der Waals surface area contributed by atoms with Gasteiger partial charge in [0, 0.05) is 0 Å². The summed E-state index contributed by atoms with van der Waals surface area (Å²) in [5.41, 5.74) is 6.88. The predicted octanol–water partition coefficient (Wildman–Crippen LogP) is 2.19. The van der Waals surface area contributed by atoms with Crippen LogP contribution in [0.3, 0.4) is 0 Å². The molecule has 1 amide bonds. The van der Waals surface area contributed by atoms with Gasteiger partial charge in [0.25, 0.3) is 0 Å². The van der Waals surface area contributed by atoms with Crippen molar-refractivity contribution in [1.29, 1.82) is 0 Å². The minimum Gasteiger partial charge on any atom is -0.445 e. The molecule has 0 heterocycles. The largest absolute Gasteiger partial charge is 0.445 e. The maximum Gasteiger partial charge on any atom is 0.404 e. The van der Waals surface area contributed by atoms with Crippen LogP contribution in [0, 0.1) is 0 Å². The van der Waals surface area contributed by atoms with Crippen LogP contribution in [0.1, 0.15) is 12.5 Å². The second kappa shape index (κ2) is 5.07. The van der Waals surface area contributed by atoms with E-state index in [1.165, 1.54) is 0 Å². The molecule has 3 nitrogen and oxygen atoms in total. The number of rotatable bonds is 3. The van der Waals surface area contributed by atoms with Crippen molar-refractivity contribution in [3.8, 4) is 0 Å². The summed E-state index contributed by atoms with van der Waals surface area (Å²) in [5, 5.41) is 0. The third-order valence-electron chi connectivity index (χ3n) is 1.65. The van der Waals surface area contributed by atoms with Crippen molar-refractivity contribution in [3.63, 3.8) is 0 Å². The van der Waals surface area contributed by atoms with Crippen molar-refractivity contribution in [2.24, 2.45) is 5.73 Å². The molecule has 0 aliphatic rings. The van der Waals surface area contributed by atoms with E-state index in [2.05, 4.69) is 4.74 Å². The lowest BCUT2D eigenvalue weighted by molar-refractivity contribution is 0.167. The Balaban J connectivity index is 2.56. The maximum absolute atomic E-state index is 10.3. The van der Waals surface area contributed by atoms with Crippen molar-refractivity contribution >= 4 is 12.2 Å². The van der Waals surface area contributed by atoms with E-state index in [4.69, 9.17) is 5.73 Å². The average Bonchev–Trinajstić information content (AvgIpc) is 2.16. The van der Waals surface area contributed by atoms with Gasteiger partial charge in [0.15, 0.2) is 0 Å². The Morgan fingerprint density at radius 2 is 2.07 bits per heavy atom. The van der Waals surface area contributed by atoms with Gasteiger partial charge in [-0.1, -0.05) is 36.4 Å². The SMILES string of the molecule is C/C(=C\c1ccccc1)COC(N)=O. The van der Waals surface area contributed by atoms with Gasteiger partial charge in [0.05, 0.1) is 0 Å².